The molecule has 0 aliphatic rings. The van der Waals surface area contributed by atoms with Crippen LogP contribution in [0.4, 0.5) is 0 Å². The summed E-state index contributed by atoms with van der Waals surface area (Å²) in [7, 11) is 4.68. The van der Waals surface area contributed by atoms with Gasteiger partial charge in [-0.3, -0.25) is 0 Å². The van der Waals surface area contributed by atoms with E-state index in [9.17, 15) is 0 Å². The Kier molecular flexibility index (Phi) is 3.18. The number of hydrogen-bond acceptors (Lipinski definition) is 5. The van der Waals surface area contributed by atoms with Gasteiger partial charge >= 0.3 is 5.95 Å². The highest BCUT2D eigenvalue weighted by Crippen LogP contribution is 2.38. The minimum absolute atomic E-state index is 0.341. The fraction of sp³-hybridized carbons (Fsp3) is 0.250. The van der Waals surface area contributed by atoms with E-state index < -0.39 is 0 Å². The van der Waals surface area contributed by atoms with Crippen LogP contribution in [0.1, 0.15) is 0 Å². The molecule has 0 spiro atoms. The van der Waals surface area contributed by atoms with E-state index in [0.29, 0.717) is 28.9 Å². The Labute approximate surface area is 98.9 Å². The van der Waals surface area contributed by atoms with Crippen LogP contribution < -0.4 is 14.2 Å². The molecule has 0 fully saturated rings. The Hall–Kier alpha value is -2.17. The Morgan fingerprint density at radius 2 is 1.65 bits per heavy atom. The van der Waals surface area contributed by atoms with E-state index in [1.807, 2.05) is 18.2 Å². The zero-order valence-corrected chi connectivity index (χ0v) is 9.89. The van der Waals surface area contributed by atoms with Crippen molar-refractivity contribution in [1.82, 2.24) is 4.98 Å². The minimum atomic E-state index is 0.341. The van der Waals surface area contributed by atoms with Crippen molar-refractivity contribution in [3.8, 4) is 28.9 Å². The first-order valence-electron chi connectivity index (χ1n) is 5.01. The smallest absolute Gasteiger partial charge is 0.305 e. The van der Waals surface area contributed by atoms with Crippen LogP contribution in [0, 0.1) is 0 Å². The van der Waals surface area contributed by atoms with Crippen LogP contribution in [-0.4, -0.2) is 26.3 Å². The second kappa shape index (κ2) is 4.78. The van der Waals surface area contributed by atoms with Crippen molar-refractivity contribution in [2.75, 3.05) is 21.3 Å². The van der Waals surface area contributed by atoms with E-state index in [-0.39, 0.29) is 0 Å². The second-order valence-electron chi connectivity index (χ2n) is 3.23. The number of rotatable bonds is 4. The summed E-state index contributed by atoms with van der Waals surface area (Å²) in [5, 5.41) is 0. The van der Waals surface area contributed by atoms with Gasteiger partial charge < -0.3 is 18.6 Å². The number of methoxy groups -OCH3 is 3. The van der Waals surface area contributed by atoms with Crippen LogP contribution in [-0.2, 0) is 0 Å². The predicted molar refractivity (Wildman–Crippen MR) is 61.6 cm³/mol. The fourth-order valence-corrected chi connectivity index (χ4v) is 1.53. The molecule has 2 aromatic rings. The number of ether oxygens (including phenoxy) is 3. The van der Waals surface area contributed by atoms with Crippen molar-refractivity contribution in [1.29, 1.82) is 0 Å². The third-order valence-electron chi connectivity index (χ3n) is 2.33. The molecule has 0 unspecified atom stereocenters. The van der Waals surface area contributed by atoms with Gasteiger partial charge in [-0.15, -0.1) is 0 Å². The standard InChI is InChI=1S/C12H13NO4/c1-14-8-5-4-6-9(15-2)11(8)12-13-7-10(16-3)17-12/h4-7H,1-3H3. The molecule has 0 saturated heterocycles. The summed E-state index contributed by atoms with van der Waals surface area (Å²) in [5.41, 5.74) is 0.667. The van der Waals surface area contributed by atoms with Crippen molar-refractivity contribution < 1.29 is 18.6 Å². The molecule has 1 heterocycles. The molecule has 0 aliphatic carbocycles. The third kappa shape index (κ3) is 2.04. The predicted octanol–water partition coefficient (Wildman–Crippen LogP) is 2.37. The van der Waals surface area contributed by atoms with Gasteiger partial charge in [0.1, 0.15) is 23.3 Å². The van der Waals surface area contributed by atoms with Gasteiger partial charge in [0.2, 0.25) is 5.89 Å². The van der Waals surface area contributed by atoms with Crippen LogP contribution in [0.15, 0.2) is 28.8 Å². The third-order valence-corrected chi connectivity index (χ3v) is 2.33. The number of hydrogen-bond donors (Lipinski definition) is 0. The van der Waals surface area contributed by atoms with Crippen molar-refractivity contribution in [2.45, 2.75) is 0 Å². The van der Waals surface area contributed by atoms with E-state index in [4.69, 9.17) is 18.6 Å². The monoisotopic (exact) mass is 235 g/mol. The van der Waals surface area contributed by atoms with Gasteiger partial charge in [0.15, 0.2) is 0 Å². The highest BCUT2D eigenvalue weighted by Gasteiger charge is 2.17. The SMILES string of the molecule is COc1cnc(-c2c(OC)cccc2OC)o1. The van der Waals surface area contributed by atoms with Crippen molar-refractivity contribution in [3.63, 3.8) is 0 Å². The maximum absolute atomic E-state index is 5.41. The van der Waals surface area contributed by atoms with Crippen LogP contribution in [0.25, 0.3) is 11.5 Å². The molecule has 17 heavy (non-hydrogen) atoms. The van der Waals surface area contributed by atoms with Gasteiger partial charge in [0.05, 0.1) is 21.3 Å². The molecular weight excluding hydrogens is 222 g/mol. The summed E-state index contributed by atoms with van der Waals surface area (Å²) in [5.74, 6) is 2.01. The van der Waals surface area contributed by atoms with Crippen LogP contribution >= 0.6 is 0 Å². The number of nitrogens with zero attached hydrogens (tertiary/aromatic N) is 1. The summed E-state index contributed by atoms with van der Waals surface area (Å²) in [6.07, 6.45) is 1.50. The molecule has 5 nitrogen and oxygen atoms in total. The Balaban J connectivity index is 2.55. The fourth-order valence-electron chi connectivity index (χ4n) is 1.53. The Morgan fingerprint density at radius 1 is 1.00 bits per heavy atom. The number of oxazole rings is 1. The normalized spacial score (nSPS) is 10.1. The molecule has 0 bridgehead atoms. The van der Waals surface area contributed by atoms with Gasteiger partial charge in [-0.1, -0.05) is 6.07 Å². The van der Waals surface area contributed by atoms with E-state index in [0.717, 1.165) is 0 Å². The molecule has 1 aromatic heterocycles. The van der Waals surface area contributed by atoms with E-state index in [2.05, 4.69) is 4.98 Å². The molecule has 0 atom stereocenters. The van der Waals surface area contributed by atoms with Crippen LogP contribution in [0.5, 0.6) is 17.4 Å². The first kappa shape index (κ1) is 11.3. The van der Waals surface area contributed by atoms with Crippen molar-refractivity contribution in [2.24, 2.45) is 0 Å². The maximum Gasteiger partial charge on any atom is 0.305 e. The summed E-state index contributed by atoms with van der Waals surface area (Å²) in [6.45, 7) is 0. The number of aromatic nitrogens is 1. The van der Waals surface area contributed by atoms with E-state index >= 15 is 0 Å². The molecule has 0 amide bonds. The quantitative estimate of drug-likeness (QED) is 0.814. The lowest BCUT2D eigenvalue weighted by molar-refractivity contribution is 0.307. The average Bonchev–Trinajstić information content (AvgIpc) is 2.86. The zero-order valence-electron chi connectivity index (χ0n) is 9.89. The molecule has 5 heteroatoms. The van der Waals surface area contributed by atoms with Gasteiger partial charge in [0.25, 0.3) is 0 Å². The van der Waals surface area contributed by atoms with Crippen LogP contribution in [0.2, 0.25) is 0 Å². The van der Waals surface area contributed by atoms with Gasteiger partial charge in [-0.2, -0.15) is 0 Å². The largest absolute Gasteiger partial charge is 0.496 e. The van der Waals surface area contributed by atoms with Gasteiger partial charge in [0, 0.05) is 0 Å². The highest BCUT2D eigenvalue weighted by molar-refractivity contribution is 5.70. The lowest BCUT2D eigenvalue weighted by atomic mass is 10.1. The van der Waals surface area contributed by atoms with Crippen molar-refractivity contribution >= 4 is 0 Å². The molecule has 0 aliphatic heterocycles. The first-order valence-corrected chi connectivity index (χ1v) is 5.01. The molecule has 90 valence electrons. The van der Waals surface area contributed by atoms with Gasteiger partial charge in [-0.25, -0.2) is 4.98 Å². The zero-order chi connectivity index (χ0) is 12.3. The molecule has 0 N–H and O–H groups in total. The molecule has 0 radical (unpaired) electrons. The topological polar surface area (TPSA) is 53.7 Å². The van der Waals surface area contributed by atoms with Crippen molar-refractivity contribution in [3.05, 3.63) is 24.4 Å². The molecule has 1 aromatic carbocycles. The second-order valence-corrected chi connectivity index (χ2v) is 3.23. The lowest BCUT2D eigenvalue weighted by Crippen LogP contribution is -1.92. The van der Waals surface area contributed by atoms with Gasteiger partial charge in [-0.05, 0) is 12.1 Å². The van der Waals surface area contributed by atoms with E-state index in [1.54, 1.807) is 14.2 Å². The first-order chi connectivity index (χ1) is 8.30. The number of benzene rings is 1. The molecule has 2 rings (SSSR count). The summed E-state index contributed by atoms with van der Waals surface area (Å²) in [6, 6.07) is 5.46. The van der Waals surface area contributed by atoms with E-state index in [1.165, 1.54) is 13.3 Å². The summed E-state index contributed by atoms with van der Waals surface area (Å²) < 4.78 is 20.9. The highest BCUT2D eigenvalue weighted by atomic mass is 16.6. The Morgan fingerprint density at radius 3 is 2.12 bits per heavy atom. The summed E-state index contributed by atoms with van der Waals surface area (Å²) >= 11 is 0. The maximum atomic E-state index is 5.41. The average molecular weight is 235 g/mol. The Bertz CT molecular complexity index is 485. The molecule has 0 saturated carbocycles. The molecular formula is C12H13NO4. The van der Waals surface area contributed by atoms with Crippen LogP contribution in [0.3, 0.4) is 0 Å². The lowest BCUT2D eigenvalue weighted by Gasteiger charge is -2.09. The summed E-state index contributed by atoms with van der Waals surface area (Å²) in [4.78, 5) is 4.12. The minimum Gasteiger partial charge on any atom is -0.496 e.